The van der Waals surface area contributed by atoms with E-state index < -0.39 is 40.9 Å². The van der Waals surface area contributed by atoms with Crippen molar-refractivity contribution in [3.05, 3.63) is 138 Å². The number of Topliss-reactive ketones (excluding diaryl/α,β-unsaturated/α-hetero) is 1. The number of hydrogen-bond donors (Lipinski definition) is 7. The lowest BCUT2D eigenvalue weighted by molar-refractivity contribution is -0.147. The molecule has 7 heterocycles. The Balaban J connectivity index is 0.000000188. The summed E-state index contributed by atoms with van der Waals surface area (Å²) in [6, 6.07) is 33.0. The summed E-state index contributed by atoms with van der Waals surface area (Å²) >= 11 is 0. The van der Waals surface area contributed by atoms with E-state index in [0.717, 1.165) is 16.7 Å². The molecule has 3 aromatic carbocycles. The Morgan fingerprint density at radius 1 is 0.458 bits per heavy atom. The van der Waals surface area contributed by atoms with Crippen LogP contribution in [-0.4, -0.2) is 186 Å². The zero-order valence-electron chi connectivity index (χ0n) is 59.8. The van der Waals surface area contributed by atoms with Gasteiger partial charge in [-0.05, 0) is 101 Å². The van der Waals surface area contributed by atoms with Crippen LogP contribution in [0.25, 0.3) is 34.0 Å². The van der Waals surface area contributed by atoms with Crippen LogP contribution in [0.5, 0.6) is 0 Å². The van der Waals surface area contributed by atoms with Crippen molar-refractivity contribution in [3.8, 4) is 34.0 Å². The van der Waals surface area contributed by atoms with E-state index >= 15 is 0 Å². The highest BCUT2D eigenvalue weighted by Gasteiger charge is 2.43. The van der Waals surface area contributed by atoms with Crippen LogP contribution in [0.15, 0.2) is 127 Å². The third-order valence-electron chi connectivity index (χ3n) is 17.7. The van der Waals surface area contributed by atoms with Gasteiger partial charge < -0.3 is 73.3 Å². The van der Waals surface area contributed by atoms with Crippen molar-refractivity contribution in [1.29, 1.82) is 0 Å². The van der Waals surface area contributed by atoms with Crippen molar-refractivity contribution < 1.29 is 85.2 Å². The second-order valence-electron chi connectivity index (χ2n) is 29.6. The summed E-state index contributed by atoms with van der Waals surface area (Å²) in [5, 5.41) is 39.8. The van der Waals surface area contributed by atoms with Gasteiger partial charge in [0.15, 0.2) is 40.1 Å². The van der Waals surface area contributed by atoms with Crippen LogP contribution in [-0.2, 0) is 33.4 Å². The highest BCUT2D eigenvalue weighted by molar-refractivity contribution is 5.95. The Kier molecular flexibility index (Phi) is 26.8. The number of amides is 8. The summed E-state index contributed by atoms with van der Waals surface area (Å²) in [7, 11) is 0. The topological polar surface area (TPSA) is 432 Å². The first kappa shape index (κ1) is 81.4. The number of benzene rings is 3. The number of nitrogens with one attached hydrogen (secondary N) is 5. The zero-order valence-corrected chi connectivity index (χ0v) is 59.8. The van der Waals surface area contributed by atoms with Crippen molar-refractivity contribution in [3.63, 3.8) is 0 Å². The fraction of sp³-hybridized carbons (Fsp3) is 0.480. The lowest BCUT2D eigenvalue weighted by Gasteiger charge is -2.39. The van der Waals surface area contributed by atoms with Gasteiger partial charge in [-0.1, -0.05) is 121 Å². The normalized spacial score (nSPS) is 19.4. The van der Waals surface area contributed by atoms with Gasteiger partial charge in [0.2, 0.25) is 23.6 Å². The number of rotatable bonds is 17. The van der Waals surface area contributed by atoms with E-state index in [-0.39, 0.29) is 141 Å². The van der Waals surface area contributed by atoms with E-state index in [2.05, 4.69) is 52.4 Å². The quantitative estimate of drug-likeness (QED) is 0.0193. The Labute approximate surface area is 619 Å². The number of ether oxygens (including phenoxy) is 3. The van der Waals surface area contributed by atoms with E-state index in [1.54, 1.807) is 64.6 Å². The third-order valence-corrected chi connectivity index (χ3v) is 17.7. The number of carboxylic acid groups (broad SMARTS) is 1. The molecule has 6 aliphatic rings. The molecule has 8 amide bonds. The lowest BCUT2D eigenvalue weighted by Crippen LogP contribution is -2.56. The average molecular weight is 1480 g/mol. The fourth-order valence-electron chi connectivity index (χ4n) is 11.5. The molecule has 574 valence electrons. The molecule has 3 saturated carbocycles. The van der Waals surface area contributed by atoms with Crippen LogP contribution < -0.4 is 32.5 Å². The lowest BCUT2D eigenvalue weighted by atomic mass is 9.79. The van der Waals surface area contributed by atoms with E-state index in [1.807, 2.05) is 112 Å². The number of hydrazine groups is 1. The summed E-state index contributed by atoms with van der Waals surface area (Å²) < 4.78 is 37.3. The minimum absolute atomic E-state index is 0. The molecule has 3 saturated heterocycles. The zero-order chi connectivity index (χ0) is 75.5. The maximum absolute atomic E-state index is 12.5. The number of aliphatic carboxylic acids is 1. The molecular weight excluding hydrogens is 1380 g/mol. The van der Waals surface area contributed by atoms with Crippen molar-refractivity contribution in [2.45, 2.75) is 162 Å². The van der Waals surface area contributed by atoms with Gasteiger partial charge in [0, 0.05) is 110 Å². The second-order valence-corrected chi connectivity index (χ2v) is 29.6. The van der Waals surface area contributed by atoms with E-state index in [0.29, 0.717) is 93.8 Å². The molecule has 32 heteroatoms. The number of nitrogens with zero attached hydrogens (tertiary/aromatic N) is 8. The van der Waals surface area contributed by atoms with Crippen molar-refractivity contribution >= 4 is 59.6 Å². The molecule has 0 radical (unpaired) electrons. The predicted octanol–water partition coefficient (Wildman–Crippen LogP) is 9.19. The molecule has 32 nitrogen and oxygen atoms in total. The molecule has 7 aromatic rings. The first-order valence-corrected chi connectivity index (χ1v) is 34.6. The SMILES string of the molecule is C.C.CC(C)(C)OC(=O)N1CC(C(=O)CNC(=O)C2CC(NC(=O)c3cc(-c4ccccc4)on3)C2)C1.CC(C)(C)OC(=O)N1CC(C(=O)O)C1.CC(C)(C)OC(=O)N1CC(c2nnc(C3CC(NC(=O)c4cc(-c5ccccc5)on4)C3)o2)C1.NNC(=O)C1CC(NC(=O)c2cc(-c3ccccc3)on2)C1. The molecule has 6 fully saturated rings. The Hall–Kier alpha value is -11.3. The van der Waals surface area contributed by atoms with Crippen molar-refractivity contribution in [2.24, 2.45) is 29.5 Å². The standard InChI is InChI=1S/C25H30N4O6.C24H27N5O5.C15H16N4O3.C9H15NO4.2CH4/c1-25(2,3)34-24(33)29-13-17(14-29)20(30)12-26-22(31)16-9-18(10-16)27-23(32)19-11-21(35-28-19)15-7-5-4-6-8-15;1-24(2,3)33-23(31)29-12-16(13-29)22-27-26-21(32-22)15-9-17(10-15)25-20(30)18-11-19(34-28-18)14-7-5-4-6-8-14;16-18-14(20)10-6-11(7-10)17-15(21)12-8-13(22-19-12)9-4-2-1-3-5-9;1-9(2,3)14-8(13)10-4-6(5-10)7(11)12;;/h4-8,11,16-18H,9-10,12-14H2,1-3H3,(H,26,31)(H,27,32);4-8,11,15-17H,9-10,12-13H2,1-3H3,(H,25,30);1-5,8,10-11H,6-7,16H2,(H,17,21)(H,18,20);6H,4-5H2,1-3H3,(H,11,12);2*1H4. The molecule has 13 rings (SSSR count). The van der Waals surface area contributed by atoms with Gasteiger partial charge in [-0.2, -0.15) is 0 Å². The Bertz CT molecular complexity index is 4200. The van der Waals surface area contributed by atoms with Gasteiger partial charge in [0.05, 0.1) is 24.3 Å². The maximum Gasteiger partial charge on any atom is 0.410 e. The molecule has 0 spiro atoms. The fourth-order valence-corrected chi connectivity index (χ4v) is 11.5. The van der Waals surface area contributed by atoms with Gasteiger partial charge in [-0.3, -0.25) is 39.0 Å². The van der Waals surface area contributed by atoms with Gasteiger partial charge in [-0.25, -0.2) is 20.2 Å². The minimum atomic E-state index is -0.857. The van der Waals surface area contributed by atoms with Crippen LogP contribution in [0.2, 0.25) is 0 Å². The number of aromatic nitrogens is 5. The highest BCUT2D eigenvalue weighted by Crippen LogP contribution is 2.39. The monoisotopic (exact) mass is 1480 g/mol. The summed E-state index contributed by atoms with van der Waals surface area (Å²) in [6.07, 6.45) is 2.37. The van der Waals surface area contributed by atoms with Gasteiger partial charge in [0.25, 0.3) is 17.7 Å². The number of likely N-dealkylation sites (tertiary alicyclic amines) is 3. The number of nitrogens with two attached hydrogens (primary N) is 1. The van der Waals surface area contributed by atoms with E-state index in [9.17, 15) is 47.9 Å². The Morgan fingerprint density at radius 2 is 0.785 bits per heavy atom. The second kappa shape index (κ2) is 35.2. The predicted molar refractivity (Wildman–Crippen MR) is 386 cm³/mol. The first-order chi connectivity index (χ1) is 49.8. The van der Waals surface area contributed by atoms with E-state index in [1.165, 1.54) is 9.80 Å². The smallest absolute Gasteiger partial charge is 0.410 e. The Morgan fingerprint density at radius 3 is 1.13 bits per heavy atom. The number of carbonyl (C=O) groups excluding carboxylic acids is 9. The molecule has 4 aromatic heterocycles. The largest absolute Gasteiger partial charge is 0.481 e. The van der Waals surface area contributed by atoms with Crippen LogP contribution in [0, 0.1) is 23.7 Å². The number of hydrogen-bond acceptors (Lipinski definition) is 23. The molecule has 0 bridgehead atoms. The molecule has 3 aliphatic carbocycles. The summed E-state index contributed by atoms with van der Waals surface area (Å²) in [4.78, 5) is 123. The van der Waals surface area contributed by atoms with Crippen LogP contribution >= 0.6 is 0 Å². The van der Waals surface area contributed by atoms with Gasteiger partial charge >= 0.3 is 24.2 Å². The maximum atomic E-state index is 12.5. The van der Waals surface area contributed by atoms with Crippen molar-refractivity contribution in [1.82, 2.24) is 67.1 Å². The van der Waals surface area contributed by atoms with Gasteiger partial charge in [-0.15, -0.1) is 10.2 Å². The summed E-state index contributed by atoms with van der Waals surface area (Å²) in [5.74, 6) is 4.51. The molecule has 0 atom stereocenters. The summed E-state index contributed by atoms with van der Waals surface area (Å²) in [6.45, 7) is 18.3. The van der Waals surface area contributed by atoms with Gasteiger partial charge in [0.1, 0.15) is 16.8 Å². The molecular formula is C75H96N14O18. The number of carbonyl (C=O) groups is 10. The van der Waals surface area contributed by atoms with Crippen molar-refractivity contribution in [2.75, 3.05) is 45.8 Å². The average Bonchev–Trinajstić information content (AvgIpc) is 1.74. The number of carboxylic acids is 1. The third kappa shape index (κ3) is 22.4. The summed E-state index contributed by atoms with van der Waals surface area (Å²) in [5.41, 5.74) is 3.70. The highest BCUT2D eigenvalue weighted by atomic mass is 16.6. The molecule has 0 unspecified atom stereocenters. The van der Waals surface area contributed by atoms with E-state index in [4.69, 9.17) is 43.1 Å². The molecule has 107 heavy (non-hydrogen) atoms. The minimum Gasteiger partial charge on any atom is -0.481 e. The van der Waals surface area contributed by atoms with Crippen LogP contribution in [0.1, 0.15) is 171 Å². The van der Waals surface area contributed by atoms with Crippen LogP contribution in [0.3, 0.4) is 0 Å². The number of ketones is 1. The molecule has 8 N–H and O–H groups in total. The van der Waals surface area contributed by atoms with Crippen LogP contribution in [0.4, 0.5) is 14.4 Å². The molecule has 3 aliphatic heterocycles. The first-order valence-electron chi connectivity index (χ1n) is 34.6.